The standard InChI is InChI=1S/C17H21N3OS2/c1-13-9-22-16(19-13)7-20-11-17(12-20)6-15(10-23-17)21-8-14-4-2-3-5-18-14/h2-5,9,15H,6-8,10-12H2,1H3/t15-/m1/s1. The summed E-state index contributed by atoms with van der Waals surface area (Å²) in [6.07, 6.45) is 3.36. The number of aryl methyl sites for hydroxylation is 1. The van der Waals surface area contributed by atoms with E-state index in [-0.39, 0.29) is 0 Å². The largest absolute Gasteiger partial charge is 0.371 e. The number of thioether (sulfide) groups is 1. The van der Waals surface area contributed by atoms with Gasteiger partial charge in [0, 0.05) is 40.9 Å². The lowest BCUT2D eigenvalue weighted by molar-refractivity contribution is 0.0251. The first-order valence-electron chi connectivity index (χ1n) is 8.00. The zero-order valence-corrected chi connectivity index (χ0v) is 14.9. The van der Waals surface area contributed by atoms with Gasteiger partial charge in [0.1, 0.15) is 5.01 Å². The predicted molar refractivity (Wildman–Crippen MR) is 94.7 cm³/mol. The summed E-state index contributed by atoms with van der Waals surface area (Å²) in [6, 6.07) is 5.98. The van der Waals surface area contributed by atoms with E-state index in [0.717, 1.165) is 30.1 Å². The maximum atomic E-state index is 6.06. The van der Waals surface area contributed by atoms with Gasteiger partial charge in [0.2, 0.25) is 0 Å². The highest BCUT2D eigenvalue weighted by Crippen LogP contribution is 2.46. The Bertz CT molecular complexity index is 655. The van der Waals surface area contributed by atoms with Gasteiger partial charge in [-0.25, -0.2) is 4.98 Å². The third-order valence-electron chi connectivity index (χ3n) is 4.42. The Labute approximate surface area is 145 Å². The third-order valence-corrected chi connectivity index (χ3v) is 6.94. The molecule has 2 aromatic rings. The molecule has 4 heterocycles. The Balaban J connectivity index is 1.23. The first-order valence-corrected chi connectivity index (χ1v) is 9.86. The summed E-state index contributed by atoms with van der Waals surface area (Å²) < 4.78 is 6.48. The molecular formula is C17H21N3OS2. The maximum Gasteiger partial charge on any atom is 0.107 e. The quantitative estimate of drug-likeness (QED) is 0.831. The van der Waals surface area contributed by atoms with Crippen LogP contribution in [0.2, 0.25) is 0 Å². The van der Waals surface area contributed by atoms with Crippen molar-refractivity contribution in [1.82, 2.24) is 14.9 Å². The molecule has 122 valence electrons. The molecule has 1 atom stereocenters. The van der Waals surface area contributed by atoms with Gasteiger partial charge < -0.3 is 4.74 Å². The van der Waals surface area contributed by atoms with E-state index < -0.39 is 0 Å². The van der Waals surface area contributed by atoms with E-state index in [9.17, 15) is 0 Å². The van der Waals surface area contributed by atoms with Crippen LogP contribution in [-0.4, -0.2) is 44.6 Å². The van der Waals surface area contributed by atoms with Crippen molar-refractivity contribution in [3.63, 3.8) is 0 Å². The fraction of sp³-hybridized carbons (Fsp3) is 0.529. The van der Waals surface area contributed by atoms with Crippen molar-refractivity contribution in [2.75, 3.05) is 18.8 Å². The molecule has 23 heavy (non-hydrogen) atoms. The van der Waals surface area contributed by atoms with Crippen molar-refractivity contribution in [2.45, 2.75) is 37.3 Å². The minimum absolute atomic E-state index is 0.367. The Morgan fingerprint density at radius 2 is 2.30 bits per heavy atom. The molecule has 0 amide bonds. The van der Waals surface area contributed by atoms with Crippen molar-refractivity contribution >= 4 is 23.1 Å². The van der Waals surface area contributed by atoms with E-state index in [4.69, 9.17) is 4.74 Å². The number of nitrogens with zero attached hydrogens (tertiary/aromatic N) is 3. The third kappa shape index (κ3) is 3.60. The highest BCUT2D eigenvalue weighted by atomic mass is 32.2. The number of ether oxygens (including phenoxy) is 1. The van der Waals surface area contributed by atoms with E-state index in [1.54, 1.807) is 11.3 Å². The minimum Gasteiger partial charge on any atom is -0.371 e. The first kappa shape index (κ1) is 15.6. The number of thiazole rings is 1. The smallest absolute Gasteiger partial charge is 0.107 e. The molecule has 0 bridgehead atoms. The van der Waals surface area contributed by atoms with Crippen LogP contribution in [0.25, 0.3) is 0 Å². The molecule has 0 aliphatic carbocycles. The maximum absolute atomic E-state index is 6.06. The molecule has 2 aliphatic rings. The number of hydrogen-bond acceptors (Lipinski definition) is 6. The molecule has 0 unspecified atom stereocenters. The molecule has 0 radical (unpaired) electrons. The summed E-state index contributed by atoms with van der Waals surface area (Å²) in [4.78, 5) is 11.4. The highest BCUT2D eigenvalue weighted by molar-refractivity contribution is 8.01. The summed E-state index contributed by atoms with van der Waals surface area (Å²) in [5.41, 5.74) is 2.16. The summed E-state index contributed by atoms with van der Waals surface area (Å²) >= 11 is 3.86. The molecule has 2 fully saturated rings. The van der Waals surface area contributed by atoms with Gasteiger partial charge >= 0.3 is 0 Å². The van der Waals surface area contributed by atoms with E-state index >= 15 is 0 Å². The molecule has 6 heteroatoms. The van der Waals surface area contributed by atoms with E-state index in [1.165, 1.54) is 18.1 Å². The average molecular weight is 348 g/mol. The minimum atomic E-state index is 0.367. The van der Waals surface area contributed by atoms with Crippen LogP contribution in [-0.2, 0) is 17.9 Å². The zero-order valence-electron chi connectivity index (χ0n) is 13.3. The van der Waals surface area contributed by atoms with E-state index in [1.807, 2.05) is 24.4 Å². The second kappa shape index (κ2) is 6.51. The number of pyridine rings is 1. The molecule has 2 aliphatic heterocycles. The molecule has 4 rings (SSSR count). The molecule has 2 saturated heterocycles. The lowest BCUT2D eigenvalue weighted by Crippen LogP contribution is -2.58. The summed E-state index contributed by atoms with van der Waals surface area (Å²) in [5.74, 6) is 1.11. The second-order valence-electron chi connectivity index (χ2n) is 6.48. The summed E-state index contributed by atoms with van der Waals surface area (Å²) in [5, 5.41) is 3.37. The van der Waals surface area contributed by atoms with Crippen LogP contribution in [0, 0.1) is 6.92 Å². The van der Waals surface area contributed by atoms with Crippen molar-refractivity contribution in [3.8, 4) is 0 Å². The number of rotatable bonds is 5. The van der Waals surface area contributed by atoms with Crippen LogP contribution in [0.4, 0.5) is 0 Å². The Hall–Kier alpha value is -0.950. The predicted octanol–water partition coefficient (Wildman–Crippen LogP) is 3.12. The fourth-order valence-electron chi connectivity index (χ4n) is 3.36. The van der Waals surface area contributed by atoms with Gasteiger partial charge in [-0.1, -0.05) is 6.07 Å². The van der Waals surface area contributed by atoms with Crippen molar-refractivity contribution in [1.29, 1.82) is 0 Å². The van der Waals surface area contributed by atoms with Gasteiger partial charge in [0.15, 0.2) is 0 Å². The lowest BCUT2D eigenvalue weighted by atomic mass is 9.93. The number of hydrogen-bond donors (Lipinski definition) is 0. The van der Waals surface area contributed by atoms with Crippen LogP contribution in [0.1, 0.15) is 22.8 Å². The van der Waals surface area contributed by atoms with E-state index in [0.29, 0.717) is 17.5 Å². The SMILES string of the molecule is Cc1csc(CN2CC3(C[C@@H](OCc4ccccn4)CS3)C2)n1. The van der Waals surface area contributed by atoms with Crippen molar-refractivity contribution < 1.29 is 4.74 Å². The average Bonchev–Trinajstić information content (AvgIpc) is 3.13. The Kier molecular flexibility index (Phi) is 4.41. The molecule has 0 N–H and O–H groups in total. The highest BCUT2D eigenvalue weighted by Gasteiger charge is 2.49. The molecule has 1 spiro atoms. The van der Waals surface area contributed by atoms with Gasteiger partial charge in [-0.15, -0.1) is 23.1 Å². The Morgan fingerprint density at radius 3 is 3.04 bits per heavy atom. The van der Waals surface area contributed by atoms with Gasteiger partial charge in [0.25, 0.3) is 0 Å². The molecular weight excluding hydrogens is 326 g/mol. The topological polar surface area (TPSA) is 38.2 Å². The molecule has 0 aromatic carbocycles. The van der Waals surface area contributed by atoms with Crippen LogP contribution >= 0.6 is 23.1 Å². The first-order chi connectivity index (χ1) is 11.2. The fourth-order valence-corrected chi connectivity index (χ4v) is 5.78. The summed E-state index contributed by atoms with van der Waals surface area (Å²) in [6.45, 7) is 6.03. The van der Waals surface area contributed by atoms with Gasteiger partial charge in [0.05, 0.1) is 24.9 Å². The summed E-state index contributed by atoms with van der Waals surface area (Å²) in [7, 11) is 0. The van der Waals surface area contributed by atoms with Crippen LogP contribution in [0.3, 0.4) is 0 Å². The van der Waals surface area contributed by atoms with Gasteiger partial charge in [-0.3, -0.25) is 9.88 Å². The number of aromatic nitrogens is 2. The second-order valence-corrected chi connectivity index (χ2v) is 8.91. The van der Waals surface area contributed by atoms with Crippen LogP contribution in [0.15, 0.2) is 29.8 Å². The van der Waals surface area contributed by atoms with Gasteiger partial charge in [-0.2, -0.15) is 0 Å². The number of likely N-dealkylation sites (tertiary alicyclic amines) is 1. The van der Waals surface area contributed by atoms with Crippen LogP contribution in [0.5, 0.6) is 0 Å². The monoisotopic (exact) mass is 347 g/mol. The zero-order chi connectivity index (χ0) is 15.7. The van der Waals surface area contributed by atoms with Crippen molar-refractivity contribution in [2.24, 2.45) is 0 Å². The van der Waals surface area contributed by atoms with Crippen LogP contribution < -0.4 is 0 Å². The molecule has 0 saturated carbocycles. The normalized spacial score (nSPS) is 23.3. The van der Waals surface area contributed by atoms with Crippen molar-refractivity contribution in [3.05, 3.63) is 46.2 Å². The Morgan fingerprint density at radius 1 is 1.39 bits per heavy atom. The lowest BCUT2D eigenvalue weighted by Gasteiger charge is -2.47. The molecule has 2 aromatic heterocycles. The van der Waals surface area contributed by atoms with Gasteiger partial charge in [-0.05, 0) is 25.5 Å². The molecule has 4 nitrogen and oxygen atoms in total. The van der Waals surface area contributed by atoms with E-state index in [2.05, 4.69) is 38.9 Å².